The molecule has 124 valence electrons. The van der Waals surface area contributed by atoms with E-state index in [4.69, 9.17) is 5.41 Å². The summed E-state index contributed by atoms with van der Waals surface area (Å²) in [5.41, 5.74) is 2.88. The predicted octanol–water partition coefficient (Wildman–Crippen LogP) is 4.45. The van der Waals surface area contributed by atoms with Gasteiger partial charge >= 0.3 is 0 Å². The molecule has 0 atom stereocenters. The molecule has 1 aromatic carbocycles. The highest BCUT2D eigenvalue weighted by atomic mass is 16.3. The number of hydrogen-bond acceptors (Lipinski definition) is 2. The second kappa shape index (κ2) is 7.28. The van der Waals surface area contributed by atoms with Crippen LogP contribution in [0.2, 0.25) is 0 Å². The van der Waals surface area contributed by atoms with Gasteiger partial charge in [0.05, 0.1) is 19.6 Å². The lowest BCUT2D eigenvalue weighted by Gasteiger charge is -2.36. The van der Waals surface area contributed by atoms with E-state index in [0.29, 0.717) is 5.56 Å². The quantitative estimate of drug-likeness (QED) is 0.541. The van der Waals surface area contributed by atoms with E-state index >= 15 is 0 Å². The van der Waals surface area contributed by atoms with E-state index in [1.807, 2.05) is 6.07 Å². The van der Waals surface area contributed by atoms with Gasteiger partial charge in [-0.2, -0.15) is 0 Å². The lowest BCUT2D eigenvalue weighted by molar-refractivity contribution is -0.936. The van der Waals surface area contributed by atoms with Crippen LogP contribution in [0.3, 0.4) is 0 Å². The minimum atomic E-state index is 0.0561. The second-order valence-electron chi connectivity index (χ2n) is 6.90. The predicted molar refractivity (Wildman–Crippen MR) is 94.9 cm³/mol. The van der Waals surface area contributed by atoms with E-state index in [-0.39, 0.29) is 11.2 Å². The number of phenolic OH excluding ortho intramolecular Hbond substituents is 1. The van der Waals surface area contributed by atoms with Crippen molar-refractivity contribution in [3.8, 4) is 5.75 Å². The first-order valence-electron chi connectivity index (χ1n) is 8.51. The standard InChI is InChI=1S/C19H32N2O/c1-7-19(5,6)17-11-15(13-20)18(22)16(12-17)14-21(8-2,9-3)10-4/h11-13H,7-10,14H2,1-6H3,(H-,20,22)/p+1. The third kappa shape index (κ3) is 3.70. The topological polar surface area (TPSA) is 44.1 Å². The molecule has 0 saturated heterocycles. The van der Waals surface area contributed by atoms with Crippen LogP contribution in [0, 0.1) is 5.41 Å². The first-order valence-corrected chi connectivity index (χ1v) is 8.51. The van der Waals surface area contributed by atoms with Gasteiger partial charge in [0, 0.05) is 17.3 Å². The van der Waals surface area contributed by atoms with Crippen LogP contribution in [0.5, 0.6) is 5.75 Å². The van der Waals surface area contributed by atoms with Crippen molar-refractivity contribution in [3.63, 3.8) is 0 Å². The van der Waals surface area contributed by atoms with Gasteiger partial charge in [-0.25, -0.2) is 0 Å². The van der Waals surface area contributed by atoms with Gasteiger partial charge in [-0.05, 0) is 50.3 Å². The number of quaternary nitrogens is 1. The van der Waals surface area contributed by atoms with E-state index in [0.717, 1.165) is 42.6 Å². The molecular formula is C19H33N2O+. The lowest BCUT2D eigenvalue weighted by Crippen LogP contribution is -2.46. The van der Waals surface area contributed by atoms with Gasteiger partial charge in [-0.15, -0.1) is 0 Å². The van der Waals surface area contributed by atoms with E-state index in [9.17, 15) is 5.11 Å². The molecule has 0 aromatic heterocycles. The number of phenols is 1. The van der Waals surface area contributed by atoms with Crippen LogP contribution in [-0.4, -0.2) is 35.4 Å². The Morgan fingerprint density at radius 3 is 2.05 bits per heavy atom. The summed E-state index contributed by atoms with van der Waals surface area (Å²) in [5, 5.41) is 18.2. The molecule has 1 rings (SSSR count). The molecule has 2 N–H and O–H groups in total. The van der Waals surface area contributed by atoms with E-state index in [1.54, 1.807) is 0 Å². The first-order chi connectivity index (χ1) is 10.3. The molecule has 3 nitrogen and oxygen atoms in total. The average molecular weight is 305 g/mol. The SMILES string of the molecule is CCC(C)(C)c1cc(C=N)c(O)c(C[N+](CC)(CC)CC)c1. The Balaban J connectivity index is 3.40. The lowest BCUT2D eigenvalue weighted by atomic mass is 9.80. The highest BCUT2D eigenvalue weighted by Crippen LogP contribution is 2.34. The summed E-state index contributed by atoms with van der Waals surface area (Å²) in [5.74, 6) is 0.281. The van der Waals surface area contributed by atoms with Crippen LogP contribution >= 0.6 is 0 Å². The Morgan fingerprint density at radius 1 is 1.09 bits per heavy atom. The van der Waals surface area contributed by atoms with E-state index < -0.39 is 0 Å². The van der Waals surface area contributed by atoms with Crippen molar-refractivity contribution >= 4 is 6.21 Å². The largest absolute Gasteiger partial charge is 0.507 e. The zero-order chi connectivity index (χ0) is 17.0. The third-order valence-electron chi connectivity index (χ3n) is 5.56. The summed E-state index contributed by atoms with van der Waals surface area (Å²) in [6.07, 6.45) is 2.30. The molecule has 0 bridgehead atoms. The Bertz CT molecular complexity index is 508. The number of hydrogen-bond donors (Lipinski definition) is 2. The number of rotatable bonds is 8. The fourth-order valence-electron chi connectivity index (χ4n) is 2.91. The summed E-state index contributed by atoms with van der Waals surface area (Å²) in [6.45, 7) is 17.2. The Labute approximate surface area is 136 Å². The molecule has 0 fully saturated rings. The van der Waals surface area contributed by atoms with Crippen molar-refractivity contribution < 1.29 is 9.59 Å². The van der Waals surface area contributed by atoms with Crippen LogP contribution in [0.4, 0.5) is 0 Å². The zero-order valence-electron chi connectivity index (χ0n) is 15.2. The minimum absolute atomic E-state index is 0.0561. The summed E-state index contributed by atoms with van der Waals surface area (Å²) in [6, 6.07) is 4.12. The Kier molecular flexibility index (Phi) is 6.18. The van der Waals surface area contributed by atoms with Gasteiger partial charge < -0.3 is 15.0 Å². The van der Waals surface area contributed by atoms with Gasteiger partial charge in [0.25, 0.3) is 0 Å². The molecule has 0 saturated carbocycles. The summed E-state index contributed by atoms with van der Waals surface area (Å²) < 4.78 is 0.959. The van der Waals surface area contributed by atoms with Gasteiger partial charge in [0.15, 0.2) is 0 Å². The molecule has 0 amide bonds. The van der Waals surface area contributed by atoms with Crippen molar-refractivity contribution in [3.05, 3.63) is 28.8 Å². The molecule has 3 heteroatoms. The van der Waals surface area contributed by atoms with Gasteiger partial charge in [-0.3, -0.25) is 0 Å². The fraction of sp³-hybridized carbons (Fsp3) is 0.632. The molecule has 0 spiro atoms. The normalized spacial score (nSPS) is 12.5. The van der Waals surface area contributed by atoms with E-state index in [1.165, 1.54) is 11.8 Å². The number of nitrogens with one attached hydrogen (secondary N) is 1. The molecular weight excluding hydrogens is 272 g/mol. The van der Waals surface area contributed by atoms with Crippen LogP contribution in [0.15, 0.2) is 12.1 Å². The first kappa shape index (κ1) is 18.7. The second-order valence-corrected chi connectivity index (χ2v) is 6.90. The highest BCUT2D eigenvalue weighted by molar-refractivity contribution is 5.82. The van der Waals surface area contributed by atoms with Crippen molar-refractivity contribution in [2.75, 3.05) is 19.6 Å². The maximum atomic E-state index is 10.5. The van der Waals surface area contributed by atoms with Gasteiger partial charge in [0.1, 0.15) is 12.3 Å². The fourth-order valence-corrected chi connectivity index (χ4v) is 2.91. The summed E-state index contributed by atoms with van der Waals surface area (Å²) in [7, 11) is 0. The van der Waals surface area contributed by atoms with Gasteiger partial charge in [-0.1, -0.05) is 20.8 Å². The average Bonchev–Trinajstić information content (AvgIpc) is 2.54. The minimum Gasteiger partial charge on any atom is -0.507 e. The Hall–Kier alpha value is -1.35. The van der Waals surface area contributed by atoms with Gasteiger partial charge in [0.2, 0.25) is 0 Å². The molecule has 0 unspecified atom stereocenters. The van der Waals surface area contributed by atoms with Crippen molar-refractivity contribution in [1.29, 1.82) is 5.41 Å². The summed E-state index contributed by atoms with van der Waals surface area (Å²) >= 11 is 0. The maximum Gasteiger partial charge on any atom is 0.133 e. The number of aromatic hydroxyl groups is 1. The monoisotopic (exact) mass is 305 g/mol. The van der Waals surface area contributed by atoms with Crippen LogP contribution < -0.4 is 0 Å². The third-order valence-corrected chi connectivity index (χ3v) is 5.56. The number of nitrogens with zero attached hydrogens (tertiary/aromatic N) is 1. The zero-order valence-corrected chi connectivity index (χ0v) is 15.2. The van der Waals surface area contributed by atoms with Crippen molar-refractivity contribution in [2.24, 2.45) is 0 Å². The number of benzene rings is 1. The molecule has 22 heavy (non-hydrogen) atoms. The molecule has 1 aromatic rings. The molecule has 0 radical (unpaired) electrons. The Morgan fingerprint density at radius 2 is 1.64 bits per heavy atom. The highest BCUT2D eigenvalue weighted by Gasteiger charge is 2.26. The van der Waals surface area contributed by atoms with Crippen molar-refractivity contribution in [1.82, 2.24) is 0 Å². The van der Waals surface area contributed by atoms with Crippen LogP contribution in [0.25, 0.3) is 0 Å². The maximum absolute atomic E-state index is 10.5. The summed E-state index contributed by atoms with van der Waals surface area (Å²) in [4.78, 5) is 0. The van der Waals surface area contributed by atoms with Crippen LogP contribution in [-0.2, 0) is 12.0 Å². The molecule has 0 heterocycles. The smallest absolute Gasteiger partial charge is 0.133 e. The molecule has 0 aliphatic heterocycles. The van der Waals surface area contributed by atoms with Crippen molar-refractivity contribution in [2.45, 2.75) is 59.9 Å². The van der Waals surface area contributed by atoms with E-state index in [2.05, 4.69) is 47.6 Å². The molecule has 0 aliphatic carbocycles. The molecule has 0 aliphatic rings. The van der Waals surface area contributed by atoms with Crippen LogP contribution in [0.1, 0.15) is 64.7 Å².